The van der Waals surface area contributed by atoms with Crippen LogP contribution in [0.15, 0.2) is 132 Å². The van der Waals surface area contributed by atoms with Crippen molar-refractivity contribution in [2.24, 2.45) is 5.92 Å². The maximum absolute atomic E-state index is 13.2. The molecule has 0 spiro atoms. The lowest BCUT2D eigenvalue weighted by molar-refractivity contribution is -0.155. The molecule has 3 heterocycles. The highest BCUT2D eigenvalue weighted by Crippen LogP contribution is 2.36. The molecule has 14 nitrogen and oxygen atoms in total. The molecule has 1 aromatic heterocycles. The summed E-state index contributed by atoms with van der Waals surface area (Å²) in [5, 5.41) is 50.2. The minimum atomic E-state index is -2.36. The number of hydrogen-bond acceptors (Lipinski definition) is 10. The number of aliphatic carboxylic acids is 1. The molecule has 5 aromatic carbocycles. The van der Waals surface area contributed by atoms with E-state index in [2.05, 4.69) is 44.8 Å². The number of aromatic nitrogens is 1. The Hall–Kier alpha value is -6.84. The number of ether oxygens (including phenoxy) is 1. The second kappa shape index (κ2) is 19.9. The number of carbonyl (C=O) groups excluding carboxylic acids is 2. The Balaban J connectivity index is 0.791. The summed E-state index contributed by atoms with van der Waals surface area (Å²) in [6.45, 7) is 3.69. The second-order valence-electron chi connectivity index (χ2n) is 17.0. The van der Waals surface area contributed by atoms with E-state index in [9.17, 15) is 39.6 Å². The summed E-state index contributed by atoms with van der Waals surface area (Å²) in [5.74, 6) is -1.51. The summed E-state index contributed by atoms with van der Waals surface area (Å²) in [6.07, 6.45) is 1.66. The van der Waals surface area contributed by atoms with Gasteiger partial charge in [-0.1, -0.05) is 84.9 Å². The number of amides is 2. The molecular formula is C51H53N5O9. The van der Waals surface area contributed by atoms with Gasteiger partial charge in [0.05, 0.1) is 17.7 Å². The van der Waals surface area contributed by atoms with Crippen molar-refractivity contribution < 1.29 is 39.5 Å². The number of phenols is 1. The number of pyridine rings is 1. The van der Waals surface area contributed by atoms with Gasteiger partial charge in [0.25, 0.3) is 11.8 Å². The Bertz CT molecular complexity index is 2700. The van der Waals surface area contributed by atoms with Gasteiger partial charge >= 0.3 is 5.97 Å². The number of rotatable bonds is 17. The summed E-state index contributed by atoms with van der Waals surface area (Å²) >= 11 is 0. The van der Waals surface area contributed by atoms with Crippen molar-refractivity contribution in [1.29, 1.82) is 0 Å². The van der Waals surface area contributed by atoms with Crippen LogP contribution in [0.3, 0.4) is 0 Å². The summed E-state index contributed by atoms with van der Waals surface area (Å²) < 4.78 is 5.80. The molecule has 0 radical (unpaired) electrons. The van der Waals surface area contributed by atoms with Gasteiger partial charge in [0.1, 0.15) is 11.5 Å². The lowest BCUT2D eigenvalue weighted by atomic mass is 9.80. The summed E-state index contributed by atoms with van der Waals surface area (Å²) in [4.78, 5) is 57.4. The van der Waals surface area contributed by atoms with Crippen molar-refractivity contribution >= 4 is 28.7 Å². The summed E-state index contributed by atoms with van der Waals surface area (Å²) in [7, 11) is 0. The first-order chi connectivity index (χ1) is 31.4. The van der Waals surface area contributed by atoms with E-state index in [4.69, 9.17) is 4.74 Å². The van der Waals surface area contributed by atoms with Gasteiger partial charge in [-0.05, 0) is 96.9 Å². The minimum absolute atomic E-state index is 0.0791. The molecule has 2 aliphatic heterocycles. The molecule has 0 unspecified atom stereocenters. The molecule has 2 aliphatic rings. The number of H-pyrrole nitrogens is 1. The Kier molecular flexibility index (Phi) is 13.7. The molecule has 0 aliphatic carbocycles. The molecule has 336 valence electrons. The van der Waals surface area contributed by atoms with Crippen LogP contribution in [0.2, 0.25) is 0 Å². The number of benzene rings is 5. The van der Waals surface area contributed by atoms with E-state index in [-0.39, 0.29) is 53.2 Å². The molecular weight excluding hydrogens is 827 g/mol. The molecule has 2 saturated heterocycles. The largest absolute Gasteiger partial charge is 0.506 e. The van der Waals surface area contributed by atoms with Gasteiger partial charge in [-0.15, -0.1) is 0 Å². The van der Waals surface area contributed by atoms with Crippen molar-refractivity contribution in [2.45, 2.75) is 50.1 Å². The van der Waals surface area contributed by atoms with Crippen LogP contribution >= 0.6 is 0 Å². The fourth-order valence-electron chi connectivity index (χ4n) is 8.87. The Morgan fingerprint density at radius 2 is 1.58 bits per heavy atom. The standard InChI is InChI=1S/C51H53N5O9/c57-44-19-17-41(42-18-20-46(59)54-48(42)44)45(58)28-52-27-34-13-15-36(16-14-34)49(61)56-30-39(31-56)53-47(60)32-65-40-11-6-10-38(26-40)51(64,50(62)63)43-12-5-4-9-37(43)25-33-21-23-55(24-22-33)29-35-7-2-1-3-8-35/h1-20,26,33,39,45,52,57-58,64H,21-25,27-32H2,(H,53,60)(H,54,59)(H,62,63)/t45-,51-/m0/s1. The number of hydrogen-bond donors (Lipinski definition) is 7. The van der Waals surface area contributed by atoms with Gasteiger partial charge in [-0.25, -0.2) is 4.79 Å². The lowest BCUT2D eigenvalue weighted by Gasteiger charge is -2.39. The number of aromatic amines is 1. The average molecular weight is 880 g/mol. The number of carboxylic acids is 1. The zero-order valence-electron chi connectivity index (χ0n) is 35.9. The molecule has 65 heavy (non-hydrogen) atoms. The predicted octanol–water partition coefficient (Wildman–Crippen LogP) is 4.85. The molecule has 2 fully saturated rings. The highest BCUT2D eigenvalue weighted by Gasteiger charge is 2.42. The maximum Gasteiger partial charge on any atom is 0.345 e. The number of carbonyl (C=O) groups is 3. The predicted molar refractivity (Wildman–Crippen MR) is 244 cm³/mol. The molecule has 14 heteroatoms. The van der Waals surface area contributed by atoms with E-state index in [0.717, 1.165) is 43.6 Å². The minimum Gasteiger partial charge on any atom is -0.506 e. The highest BCUT2D eigenvalue weighted by molar-refractivity contribution is 5.95. The fourth-order valence-corrected chi connectivity index (χ4v) is 8.87. The first-order valence-corrected chi connectivity index (χ1v) is 21.9. The number of aliphatic hydroxyl groups excluding tert-OH is 1. The van der Waals surface area contributed by atoms with Crippen LogP contribution in [-0.4, -0.2) is 98.4 Å². The number of aromatic hydroxyl groups is 1. The Morgan fingerprint density at radius 1 is 0.846 bits per heavy atom. The summed E-state index contributed by atoms with van der Waals surface area (Å²) in [5.41, 5.74) is 1.98. The molecule has 8 rings (SSSR count). The van der Waals surface area contributed by atoms with Crippen LogP contribution in [0.4, 0.5) is 0 Å². The molecule has 0 saturated carbocycles. The van der Waals surface area contributed by atoms with E-state index < -0.39 is 23.6 Å². The van der Waals surface area contributed by atoms with Crippen LogP contribution in [0.5, 0.6) is 11.5 Å². The second-order valence-corrected chi connectivity index (χ2v) is 17.0. The topological polar surface area (TPSA) is 205 Å². The van der Waals surface area contributed by atoms with Gasteiger partial charge in [-0.3, -0.25) is 19.3 Å². The Morgan fingerprint density at radius 3 is 2.34 bits per heavy atom. The van der Waals surface area contributed by atoms with E-state index in [1.807, 2.05) is 30.3 Å². The zero-order valence-corrected chi connectivity index (χ0v) is 35.9. The van der Waals surface area contributed by atoms with E-state index in [1.165, 1.54) is 23.8 Å². The average Bonchev–Trinajstić information content (AvgIpc) is 3.30. The van der Waals surface area contributed by atoms with Crippen LogP contribution in [0.25, 0.3) is 10.9 Å². The van der Waals surface area contributed by atoms with Crippen LogP contribution in [0.1, 0.15) is 62.7 Å². The first-order valence-electron chi connectivity index (χ1n) is 21.9. The molecule has 2 amide bonds. The van der Waals surface area contributed by atoms with Gasteiger partial charge < -0.3 is 45.7 Å². The van der Waals surface area contributed by atoms with Crippen LogP contribution in [0, 0.1) is 5.92 Å². The number of aliphatic hydroxyl groups is 2. The molecule has 6 aromatic rings. The monoisotopic (exact) mass is 879 g/mol. The van der Waals surface area contributed by atoms with Crippen LogP contribution < -0.4 is 20.9 Å². The van der Waals surface area contributed by atoms with Gasteiger partial charge in [-0.2, -0.15) is 0 Å². The molecule has 7 N–H and O–H groups in total. The molecule has 2 atom stereocenters. The van der Waals surface area contributed by atoms with Gasteiger partial charge in [0.15, 0.2) is 6.61 Å². The van der Waals surface area contributed by atoms with Gasteiger partial charge in [0.2, 0.25) is 11.2 Å². The first kappa shape index (κ1) is 44.8. The van der Waals surface area contributed by atoms with Gasteiger partial charge in [0, 0.05) is 60.9 Å². The van der Waals surface area contributed by atoms with E-state index in [0.29, 0.717) is 54.0 Å². The number of nitrogens with zero attached hydrogens (tertiary/aromatic N) is 2. The third-order valence-electron chi connectivity index (χ3n) is 12.5. The third-order valence-corrected chi connectivity index (χ3v) is 12.5. The van der Waals surface area contributed by atoms with Crippen molar-refractivity contribution in [3.63, 3.8) is 0 Å². The zero-order chi connectivity index (χ0) is 45.5. The SMILES string of the molecule is O=C(COc1cccc([C@@](O)(C(=O)O)c2ccccc2CC2CCN(Cc3ccccc3)CC2)c1)NC1CN(C(=O)c2ccc(CNC[C@H](O)c3ccc(O)c4[nH]c(=O)ccc34)cc2)C1. The lowest BCUT2D eigenvalue weighted by Crippen LogP contribution is -2.61. The molecule has 0 bridgehead atoms. The van der Waals surface area contributed by atoms with Crippen molar-refractivity contribution in [3.05, 3.63) is 177 Å². The number of piperidine rings is 1. The van der Waals surface area contributed by atoms with E-state index in [1.54, 1.807) is 59.5 Å². The maximum atomic E-state index is 13.2. The van der Waals surface area contributed by atoms with Crippen molar-refractivity contribution in [3.8, 4) is 11.5 Å². The Labute approximate surface area is 376 Å². The number of fused-ring (bicyclic) bond motifs is 1. The number of nitrogens with one attached hydrogen (secondary N) is 3. The number of likely N-dealkylation sites (tertiary alicyclic amines) is 2. The number of phenolic OH excluding ortho intramolecular Hbond substituents is 1. The highest BCUT2D eigenvalue weighted by atomic mass is 16.5. The number of carboxylic acid groups (broad SMARTS) is 1. The quantitative estimate of drug-likeness (QED) is 0.0660. The fraction of sp³-hybridized carbons (Fsp3) is 0.294. The van der Waals surface area contributed by atoms with Crippen molar-refractivity contribution in [2.75, 3.05) is 39.3 Å². The van der Waals surface area contributed by atoms with Crippen LogP contribution in [-0.2, 0) is 34.7 Å². The normalized spacial score (nSPS) is 16.1. The summed E-state index contributed by atoms with van der Waals surface area (Å²) in [6, 6.07) is 36.5. The van der Waals surface area contributed by atoms with Crippen molar-refractivity contribution in [1.82, 2.24) is 25.4 Å². The van der Waals surface area contributed by atoms with E-state index >= 15 is 0 Å². The third kappa shape index (κ3) is 10.4. The smallest absolute Gasteiger partial charge is 0.345 e.